The van der Waals surface area contributed by atoms with Crippen LogP contribution in [0.25, 0.3) is 21.9 Å². The number of nitrogens with zero attached hydrogens (tertiary/aromatic N) is 3. The SMILES string of the molecule is O=C(NCCCn1cnc2ccccc21)c1cccc2cccnc12. The van der Waals surface area contributed by atoms with Crippen molar-refractivity contribution >= 4 is 27.8 Å². The van der Waals surface area contributed by atoms with Crippen LogP contribution in [0, 0.1) is 0 Å². The molecule has 0 saturated heterocycles. The summed E-state index contributed by atoms with van der Waals surface area (Å²) in [6, 6.07) is 17.5. The van der Waals surface area contributed by atoms with Crippen LogP contribution >= 0.6 is 0 Å². The molecule has 0 spiro atoms. The summed E-state index contributed by atoms with van der Waals surface area (Å²) in [6.07, 6.45) is 4.40. The molecule has 1 amide bonds. The summed E-state index contributed by atoms with van der Waals surface area (Å²) in [5.74, 6) is -0.0835. The smallest absolute Gasteiger partial charge is 0.253 e. The Morgan fingerprint density at radius 2 is 1.88 bits per heavy atom. The highest BCUT2D eigenvalue weighted by molar-refractivity contribution is 6.05. The third kappa shape index (κ3) is 3.08. The Bertz CT molecular complexity index is 1030. The summed E-state index contributed by atoms with van der Waals surface area (Å²) in [5, 5.41) is 3.96. The monoisotopic (exact) mass is 330 g/mol. The second kappa shape index (κ2) is 6.73. The molecule has 0 atom stereocenters. The van der Waals surface area contributed by atoms with Gasteiger partial charge in [0.15, 0.2) is 0 Å². The van der Waals surface area contributed by atoms with Crippen LogP contribution < -0.4 is 5.32 Å². The lowest BCUT2D eigenvalue weighted by Gasteiger charge is -2.08. The zero-order chi connectivity index (χ0) is 17.1. The van der Waals surface area contributed by atoms with Gasteiger partial charge in [0.25, 0.3) is 5.91 Å². The van der Waals surface area contributed by atoms with Crippen LogP contribution in [0.4, 0.5) is 0 Å². The van der Waals surface area contributed by atoms with E-state index in [1.54, 1.807) is 6.20 Å². The summed E-state index contributed by atoms with van der Waals surface area (Å²) in [5.41, 5.74) is 3.47. The lowest BCUT2D eigenvalue weighted by molar-refractivity contribution is 0.0954. The van der Waals surface area contributed by atoms with Crippen molar-refractivity contribution in [2.75, 3.05) is 6.54 Å². The third-order valence-corrected chi connectivity index (χ3v) is 4.27. The maximum Gasteiger partial charge on any atom is 0.253 e. The molecule has 25 heavy (non-hydrogen) atoms. The normalized spacial score (nSPS) is 11.0. The van der Waals surface area contributed by atoms with E-state index in [1.807, 2.05) is 54.9 Å². The molecule has 2 aromatic carbocycles. The number of para-hydroxylation sites is 3. The number of pyridine rings is 1. The van der Waals surface area contributed by atoms with E-state index in [2.05, 4.69) is 25.9 Å². The molecule has 2 aromatic heterocycles. The molecule has 0 radical (unpaired) electrons. The van der Waals surface area contributed by atoms with Crippen molar-refractivity contribution in [2.24, 2.45) is 0 Å². The lowest BCUT2D eigenvalue weighted by Crippen LogP contribution is -2.25. The van der Waals surface area contributed by atoms with E-state index >= 15 is 0 Å². The molecule has 5 heteroatoms. The van der Waals surface area contributed by atoms with Crippen molar-refractivity contribution in [3.05, 3.63) is 72.7 Å². The molecule has 0 aliphatic carbocycles. The molecule has 2 heterocycles. The molecule has 1 N–H and O–H groups in total. The number of aromatic nitrogens is 3. The Morgan fingerprint density at radius 1 is 1.00 bits per heavy atom. The van der Waals surface area contributed by atoms with Gasteiger partial charge in [0, 0.05) is 24.7 Å². The second-order valence-electron chi connectivity index (χ2n) is 5.92. The number of carbonyl (C=O) groups is 1. The molecule has 0 saturated carbocycles. The zero-order valence-electron chi connectivity index (χ0n) is 13.7. The molecule has 4 aromatic rings. The van der Waals surface area contributed by atoms with Crippen LogP contribution in [-0.2, 0) is 6.54 Å². The summed E-state index contributed by atoms with van der Waals surface area (Å²) in [4.78, 5) is 21.2. The number of hydrogen-bond acceptors (Lipinski definition) is 3. The Labute approximate surface area is 145 Å². The minimum Gasteiger partial charge on any atom is -0.352 e. The minimum absolute atomic E-state index is 0.0835. The Kier molecular flexibility index (Phi) is 4.12. The maximum atomic E-state index is 12.5. The largest absolute Gasteiger partial charge is 0.352 e. The van der Waals surface area contributed by atoms with E-state index < -0.39 is 0 Å². The van der Waals surface area contributed by atoms with E-state index in [1.165, 1.54) is 0 Å². The van der Waals surface area contributed by atoms with Crippen molar-refractivity contribution in [1.82, 2.24) is 19.9 Å². The Hall–Kier alpha value is -3.21. The molecule has 0 aliphatic heterocycles. The number of rotatable bonds is 5. The van der Waals surface area contributed by atoms with Crippen molar-refractivity contribution in [3.8, 4) is 0 Å². The van der Waals surface area contributed by atoms with E-state index in [-0.39, 0.29) is 5.91 Å². The van der Waals surface area contributed by atoms with Crippen molar-refractivity contribution in [1.29, 1.82) is 0 Å². The van der Waals surface area contributed by atoms with Gasteiger partial charge >= 0.3 is 0 Å². The first-order valence-electron chi connectivity index (χ1n) is 8.35. The van der Waals surface area contributed by atoms with Gasteiger partial charge in [-0.15, -0.1) is 0 Å². The average Bonchev–Trinajstić information content (AvgIpc) is 3.08. The molecular weight excluding hydrogens is 312 g/mol. The van der Waals surface area contributed by atoms with E-state index in [0.29, 0.717) is 12.1 Å². The summed E-state index contributed by atoms with van der Waals surface area (Å²) < 4.78 is 2.11. The highest BCUT2D eigenvalue weighted by atomic mass is 16.1. The van der Waals surface area contributed by atoms with Crippen LogP contribution in [0.5, 0.6) is 0 Å². The van der Waals surface area contributed by atoms with E-state index in [9.17, 15) is 4.79 Å². The van der Waals surface area contributed by atoms with Gasteiger partial charge in [-0.3, -0.25) is 9.78 Å². The van der Waals surface area contributed by atoms with Crippen LogP contribution in [-0.4, -0.2) is 27.0 Å². The number of benzene rings is 2. The molecular formula is C20H18N4O. The number of hydrogen-bond donors (Lipinski definition) is 1. The Morgan fingerprint density at radius 3 is 2.84 bits per heavy atom. The maximum absolute atomic E-state index is 12.5. The zero-order valence-corrected chi connectivity index (χ0v) is 13.7. The fourth-order valence-corrected chi connectivity index (χ4v) is 3.02. The van der Waals surface area contributed by atoms with Crippen molar-refractivity contribution in [3.63, 3.8) is 0 Å². The van der Waals surface area contributed by atoms with Crippen LogP contribution in [0.15, 0.2) is 67.1 Å². The molecule has 5 nitrogen and oxygen atoms in total. The molecule has 0 unspecified atom stereocenters. The number of nitrogens with one attached hydrogen (secondary N) is 1. The summed E-state index contributed by atoms with van der Waals surface area (Å²) in [7, 11) is 0. The third-order valence-electron chi connectivity index (χ3n) is 4.27. The van der Waals surface area contributed by atoms with Gasteiger partial charge in [0.2, 0.25) is 0 Å². The number of imidazole rings is 1. The molecule has 124 valence electrons. The van der Waals surface area contributed by atoms with Crippen LogP contribution in [0.1, 0.15) is 16.8 Å². The molecule has 0 aliphatic rings. The van der Waals surface area contributed by atoms with Gasteiger partial charge in [-0.1, -0.05) is 30.3 Å². The Balaban J connectivity index is 1.39. The van der Waals surface area contributed by atoms with E-state index in [0.717, 1.165) is 34.9 Å². The molecule has 0 fully saturated rings. The fraction of sp³-hybridized carbons (Fsp3) is 0.150. The molecule has 0 bridgehead atoms. The topological polar surface area (TPSA) is 59.8 Å². The first kappa shape index (κ1) is 15.3. The van der Waals surface area contributed by atoms with Gasteiger partial charge in [-0.25, -0.2) is 4.98 Å². The van der Waals surface area contributed by atoms with Crippen LogP contribution in [0.3, 0.4) is 0 Å². The minimum atomic E-state index is -0.0835. The fourth-order valence-electron chi connectivity index (χ4n) is 3.02. The van der Waals surface area contributed by atoms with Gasteiger partial charge < -0.3 is 9.88 Å². The second-order valence-corrected chi connectivity index (χ2v) is 5.92. The predicted molar refractivity (Wildman–Crippen MR) is 98.4 cm³/mol. The number of carbonyl (C=O) groups excluding carboxylic acids is 1. The first-order chi connectivity index (χ1) is 12.3. The van der Waals surface area contributed by atoms with Gasteiger partial charge in [-0.05, 0) is 30.7 Å². The predicted octanol–water partition coefficient (Wildman–Crippen LogP) is 3.40. The highest BCUT2D eigenvalue weighted by Crippen LogP contribution is 2.16. The first-order valence-corrected chi connectivity index (χ1v) is 8.35. The van der Waals surface area contributed by atoms with Gasteiger partial charge in [0.1, 0.15) is 0 Å². The quantitative estimate of drug-likeness (QED) is 0.571. The van der Waals surface area contributed by atoms with Crippen molar-refractivity contribution in [2.45, 2.75) is 13.0 Å². The number of amides is 1. The molecule has 4 rings (SSSR count). The summed E-state index contributed by atoms with van der Waals surface area (Å²) >= 11 is 0. The van der Waals surface area contributed by atoms with Crippen LogP contribution in [0.2, 0.25) is 0 Å². The van der Waals surface area contributed by atoms with E-state index in [4.69, 9.17) is 0 Å². The number of aryl methyl sites for hydroxylation is 1. The van der Waals surface area contributed by atoms with Gasteiger partial charge in [-0.2, -0.15) is 0 Å². The van der Waals surface area contributed by atoms with Gasteiger partial charge in [0.05, 0.1) is 28.4 Å². The summed E-state index contributed by atoms with van der Waals surface area (Å²) in [6.45, 7) is 1.42. The average molecular weight is 330 g/mol. The standard InChI is InChI=1S/C20H18N4O/c25-20(16-8-3-6-15-7-4-11-21-19(15)16)22-12-5-13-24-14-23-17-9-1-2-10-18(17)24/h1-4,6-11,14H,5,12-13H2,(H,22,25). The highest BCUT2D eigenvalue weighted by Gasteiger charge is 2.10. The lowest BCUT2D eigenvalue weighted by atomic mass is 10.1. The number of fused-ring (bicyclic) bond motifs is 2. The van der Waals surface area contributed by atoms with Crippen molar-refractivity contribution < 1.29 is 4.79 Å².